The second-order valence-corrected chi connectivity index (χ2v) is 4.60. The van der Waals surface area contributed by atoms with Crippen LogP contribution in [0.4, 0.5) is 5.69 Å². The fraction of sp³-hybridized carbons (Fsp3) is 0.462. The number of carbonyl (C=O) groups excluding carboxylic acids is 1. The smallest absolute Gasteiger partial charge is 0.232 e. The SMILES string of the molecule is O=C1Nc2ccccc2[C@H]1C1CCCC1. The average Bonchev–Trinajstić information content (AvgIpc) is 2.82. The van der Waals surface area contributed by atoms with E-state index in [9.17, 15) is 4.79 Å². The minimum atomic E-state index is 0.128. The quantitative estimate of drug-likeness (QED) is 0.743. The third-order valence-corrected chi connectivity index (χ3v) is 3.71. The summed E-state index contributed by atoms with van der Waals surface area (Å²) in [5.41, 5.74) is 2.24. The normalized spacial score (nSPS) is 25.3. The zero-order valence-electron chi connectivity index (χ0n) is 8.70. The predicted molar refractivity (Wildman–Crippen MR) is 59.8 cm³/mol. The summed E-state index contributed by atoms with van der Waals surface area (Å²) in [5.74, 6) is 0.917. The molecule has 1 fully saturated rings. The van der Waals surface area contributed by atoms with Crippen molar-refractivity contribution in [1.82, 2.24) is 0 Å². The Morgan fingerprint density at radius 1 is 1.13 bits per heavy atom. The Hall–Kier alpha value is -1.31. The van der Waals surface area contributed by atoms with E-state index >= 15 is 0 Å². The van der Waals surface area contributed by atoms with E-state index in [1.807, 2.05) is 18.2 Å². The van der Waals surface area contributed by atoms with Crippen molar-refractivity contribution in [2.45, 2.75) is 31.6 Å². The number of hydrogen-bond acceptors (Lipinski definition) is 1. The molecule has 0 bridgehead atoms. The Morgan fingerprint density at radius 2 is 1.87 bits per heavy atom. The predicted octanol–water partition coefficient (Wildman–Crippen LogP) is 2.91. The Balaban J connectivity index is 1.98. The number of anilines is 1. The van der Waals surface area contributed by atoms with Crippen molar-refractivity contribution in [3.8, 4) is 0 Å². The molecule has 2 aliphatic rings. The summed E-state index contributed by atoms with van der Waals surface area (Å²) in [6.07, 6.45) is 5.01. The van der Waals surface area contributed by atoms with E-state index in [1.165, 1.54) is 31.2 Å². The molecule has 0 spiro atoms. The van der Waals surface area contributed by atoms with Gasteiger partial charge in [0, 0.05) is 5.69 Å². The first-order chi connectivity index (χ1) is 7.36. The van der Waals surface area contributed by atoms with Crippen LogP contribution in [0.2, 0.25) is 0 Å². The van der Waals surface area contributed by atoms with E-state index in [0.29, 0.717) is 5.92 Å². The number of benzene rings is 1. The van der Waals surface area contributed by atoms with Gasteiger partial charge in [-0.2, -0.15) is 0 Å². The van der Waals surface area contributed by atoms with Crippen LogP contribution in [-0.4, -0.2) is 5.91 Å². The highest BCUT2D eigenvalue weighted by Gasteiger charge is 2.37. The minimum absolute atomic E-state index is 0.128. The molecule has 15 heavy (non-hydrogen) atoms. The highest BCUT2D eigenvalue weighted by atomic mass is 16.2. The Bertz CT molecular complexity index is 393. The molecule has 1 heterocycles. The van der Waals surface area contributed by atoms with Gasteiger partial charge in [0.05, 0.1) is 5.92 Å². The van der Waals surface area contributed by atoms with Crippen molar-refractivity contribution in [2.75, 3.05) is 5.32 Å². The van der Waals surface area contributed by atoms with E-state index in [-0.39, 0.29) is 11.8 Å². The van der Waals surface area contributed by atoms with E-state index in [1.54, 1.807) is 0 Å². The van der Waals surface area contributed by atoms with E-state index in [2.05, 4.69) is 11.4 Å². The highest BCUT2D eigenvalue weighted by molar-refractivity contribution is 6.03. The summed E-state index contributed by atoms with van der Waals surface area (Å²) in [4.78, 5) is 11.9. The molecule has 0 aromatic heterocycles. The average molecular weight is 201 g/mol. The molecule has 3 rings (SSSR count). The Labute approximate surface area is 89.7 Å². The molecule has 1 amide bonds. The lowest BCUT2D eigenvalue weighted by Crippen LogP contribution is -2.18. The van der Waals surface area contributed by atoms with Crippen molar-refractivity contribution < 1.29 is 4.79 Å². The molecule has 1 aromatic carbocycles. The molecule has 1 saturated carbocycles. The third-order valence-electron chi connectivity index (χ3n) is 3.71. The van der Waals surface area contributed by atoms with Crippen LogP contribution in [-0.2, 0) is 4.79 Å². The van der Waals surface area contributed by atoms with Crippen LogP contribution < -0.4 is 5.32 Å². The fourth-order valence-corrected chi connectivity index (χ4v) is 2.99. The first-order valence-electron chi connectivity index (χ1n) is 5.76. The monoisotopic (exact) mass is 201 g/mol. The van der Waals surface area contributed by atoms with Crippen LogP contribution in [0, 0.1) is 5.92 Å². The Kier molecular flexibility index (Phi) is 2.01. The number of rotatable bonds is 1. The number of nitrogens with one attached hydrogen (secondary N) is 1. The lowest BCUT2D eigenvalue weighted by atomic mass is 9.86. The van der Waals surface area contributed by atoms with Crippen molar-refractivity contribution in [1.29, 1.82) is 0 Å². The molecule has 1 aliphatic carbocycles. The maximum Gasteiger partial charge on any atom is 0.232 e. The van der Waals surface area contributed by atoms with Gasteiger partial charge in [0.15, 0.2) is 0 Å². The third kappa shape index (κ3) is 1.36. The van der Waals surface area contributed by atoms with Crippen molar-refractivity contribution in [3.05, 3.63) is 29.8 Å². The number of amides is 1. The van der Waals surface area contributed by atoms with Gasteiger partial charge in [0.1, 0.15) is 0 Å². The first-order valence-corrected chi connectivity index (χ1v) is 5.76. The van der Waals surface area contributed by atoms with Crippen LogP contribution in [0.25, 0.3) is 0 Å². The molecular formula is C13H15NO. The minimum Gasteiger partial charge on any atom is -0.325 e. The number of fused-ring (bicyclic) bond motifs is 1. The molecule has 2 nitrogen and oxygen atoms in total. The summed E-state index contributed by atoms with van der Waals surface area (Å²) in [5, 5.41) is 2.99. The van der Waals surface area contributed by atoms with Gasteiger partial charge < -0.3 is 5.32 Å². The summed E-state index contributed by atoms with van der Waals surface area (Å²) < 4.78 is 0. The molecule has 0 radical (unpaired) electrons. The summed E-state index contributed by atoms with van der Waals surface area (Å²) in [6.45, 7) is 0. The standard InChI is InChI=1S/C13H15NO/c15-13-12(9-5-1-2-6-9)10-7-3-4-8-11(10)14-13/h3-4,7-9,12H,1-2,5-6H2,(H,14,15)/t12-/m1/s1. The summed E-state index contributed by atoms with van der Waals surface area (Å²) in [6, 6.07) is 8.11. The largest absolute Gasteiger partial charge is 0.325 e. The van der Waals surface area contributed by atoms with E-state index < -0.39 is 0 Å². The molecule has 1 N–H and O–H groups in total. The number of para-hydroxylation sites is 1. The molecule has 1 aromatic rings. The van der Waals surface area contributed by atoms with Gasteiger partial charge in [-0.1, -0.05) is 31.0 Å². The lowest BCUT2D eigenvalue weighted by molar-refractivity contribution is -0.118. The summed E-state index contributed by atoms with van der Waals surface area (Å²) >= 11 is 0. The molecule has 78 valence electrons. The molecular weight excluding hydrogens is 186 g/mol. The van der Waals surface area contributed by atoms with Crippen LogP contribution in [0.5, 0.6) is 0 Å². The van der Waals surface area contributed by atoms with Gasteiger partial charge in [-0.05, 0) is 30.4 Å². The Morgan fingerprint density at radius 3 is 2.67 bits per heavy atom. The van der Waals surface area contributed by atoms with Crippen LogP contribution >= 0.6 is 0 Å². The first kappa shape index (κ1) is 8.96. The molecule has 0 saturated heterocycles. The number of hydrogen-bond donors (Lipinski definition) is 1. The molecule has 2 heteroatoms. The highest BCUT2D eigenvalue weighted by Crippen LogP contribution is 2.43. The molecule has 0 unspecified atom stereocenters. The second-order valence-electron chi connectivity index (χ2n) is 4.60. The van der Waals surface area contributed by atoms with Gasteiger partial charge in [-0.15, -0.1) is 0 Å². The maximum absolute atomic E-state index is 11.9. The van der Waals surface area contributed by atoms with Gasteiger partial charge in [-0.25, -0.2) is 0 Å². The molecule has 1 atom stereocenters. The zero-order chi connectivity index (χ0) is 10.3. The molecule has 1 aliphatic heterocycles. The summed E-state index contributed by atoms with van der Waals surface area (Å²) in [7, 11) is 0. The topological polar surface area (TPSA) is 29.1 Å². The van der Waals surface area contributed by atoms with Gasteiger partial charge in [0.25, 0.3) is 0 Å². The van der Waals surface area contributed by atoms with Crippen LogP contribution in [0.15, 0.2) is 24.3 Å². The van der Waals surface area contributed by atoms with Crippen molar-refractivity contribution in [2.24, 2.45) is 5.92 Å². The van der Waals surface area contributed by atoms with E-state index in [4.69, 9.17) is 0 Å². The van der Waals surface area contributed by atoms with Crippen molar-refractivity contribution >= 4 is 11.6 Å². The van der Waals surface area contributed by atoms with Crippen molar-refractivity contribution in [3.63, 3.8) is 0 Å². The van der Waals surface area contributed by atoms with Gasteiger partial charge in [0.2, 0.25) is 5.91 Å². The van der Waals surface area contributed by atoms with Crippen LogP contribution in [0.1, 0.15) is 37.2 Å². The second kappa shape index (κ2) is 3.37. The maximum atomic E-state index is 11.9. The van der Waals surface area contributed by atoms with E-state index in [0.717, 1.165) is 5.69 Å². The van der Waals surface area contributed by atoms with Crippen LogP contribution in [0.3, 0.4) is 0 Å². The van der Waals surface area contributed by atoms with Gasteiger partial charge in [-0.3, -0.25) is 4.79 Å². The lowest BCUT2D eigenvalue weighted by Gasteiger charge is -2.15. The fourth-order valence-electron chi connectivity index (χ4n) is 2.99. The number of carbonyl (C=O) groups is 1. The zero-order valence-corrected chi connectivity index (χ0v) is 8.70. The van der Waals surface area contributed by atoms with Gasteiger partial charge >= 0.3 is 0 Å².